The van der Waals surface area contributed by atoms with Gasteiger partial charge in [-0.15, -0.1) is 0 Å². The Labute approximate surface area is 103 Å². The molecule has 0 spiro atoms. The fourth-order valence-electron chi connectivity index (χ4n) is 1.13. The average molecular weight is 368 g/mol. The Morgan fingerprint density at radius 2 is 2.08 bits per heavy atom. The van der Waals surface area contributed by atoms with Crippen molar-refractivity contribution >= 4 is 61.0 Å². The molecule has 0 aliphatic rings. The summed E-state index contributed by atoms with van der Waals surface area (Å²) in [5, 5.41) is 1.73. The number of rotatable bonds is 0. The summed E-state index contributed by atoms with van der Waals surface area (Å²) in [6.45, 7) is 0. The largest absolute Gasteiger partial charge is 0.241 e. The number of benzene rings is 1. The fraction of sp³-hybridized carbons (Fsp3) is 0. The number of pyridine rings is 1. The molecule has 0 unspecified atom stereocenters. The highest BCUT2D eigenvalue weighted by atomic mass is 127. The van der Waals surface area contributed by atoms with Crippen molar-refractivity contribution in [2.45, 2.75) is 0 Å². The van der Waals surface area contributed by atoms with Gasteiger partial charge in [-0.1, -0.05) is 11.6 Å². The molecule has 1 aromatic heterocycles. The van der Waals surface area contributed by atoms with Crippen LogP contribution < -0.4 is 0 Å². The van der Waals surface area contributed by atoms with Crippen LogP contribution in [0.15, 0.2) is 28.9 Å². The number of fused-ring (bicyclic) bond motifs is 1. The second-order valence-corrected chi connectivity index (χ2v) is 5.05. The van der Waals surface area contributed by atoms with Gasteiger partial charge in [-0.25, -0.2) is 4.98 Å². The third-order valence-electron chi connectivity index (χ3n) is 1.69. The zero-order chi connectivity index (χ0) is 9.42. The van der Waals surface area contributed by atoms with Crippen LogP contribution in [0.1, 0.15) is 0 Å². The summed E-state index contributed by atoms with van der Waals surface area (Å²) in [6.07, 6.45) is 0. The van der Waals surface area contributed by atoms with Gasteiger partial charge in [0.05, 0.1) is 10.5 Å². The lowest BCUT2D eigenvalue weighted by Crippen LogP contribution is -1.82. The number of nitrogens with zero attached hydrogens (tertiary/aromatic N) is 1. The number of hydrogen-bond acceptors (Lipinski definition) is 1. The van der Waals surface area contributed by atoms with Crippen molar-refractivity contribution in [3.8, 4) is 0 Å². The summed E-state index contributed by atoms with van der Waals surface area (Å²) in [6, 6.07) is 7.81. The molecule has 1 nitrogen and oxygen atoms in total. The fourth-order valence-corrected chi connectivity index (χ4v) is 2.42. The van der Waals surface area contributed by atoms with Gasteiger partial charge < -0.3 is 0 Å². The average Bonchev–Trinajstić information content (AvgIpc) is 2.06. The van der Waals surface area contributed by atoms with E-state index in [0.29, 0.717) is 0 Å². The highest BCUT2D eigenvalue weighted by molar-refractivity contribution is 14.1. The standard InChI is InChI=1S/C9H4BrClIN/c10-9-4-7(11)6-3-5(12)1-2-8(6)13-9/h1-4H. The van der Waals surface area contributed by atoms with Crippen molar-refractivity contribution in [1.82, 2.24) is 4.98 Å². The van der Waals surface area contributed by atoms with Crippen LogP contribution in [0.25, 0.3) is 10.9 Å². The molecule has 0 N–H and O–H groups in total. The van der Waals surface area contributed by atoms with Crippen LogP contribution in [0.3, 0.4) is 0 Å². The first-order valence-electron chi connectivity index (χ1n) is 3.58. The minimum absolute atomic E-state index is 0.732. The first kappa shape index (κ1) is 9.68. The molecule has 0 fully saturated rings. The van der Waals surface area contributed by atoms with E-state index in [1.807, 2.05) is 18.2 Å². The van der Waals surface area contributed by atoms with Crippen LogP contribution in [0, 0.1) is 3.57 Å². The van der Waals surface area contributed by atoms with E-state index in [2.05, 4.69) is 43.5 Å². The molecule has 0 radical (unpaired) electrons. The predicted molar refractivity (Wildman–Crippen MR) is 67.2 cm³/mol. The molecule has 1 heterocycles. The Morgan fingerprint density at radius 1 is 1.31 bits per heavy atom. The molecule has 4 heteroatoms. The smallest absolute Gasteiger partial charge is 0.108 e. The summed E-state index contributed by atoms with van der Waals surface area (Å²) in [4.78, 5) is 4.31. The van der Waals surface area contributed by atoms with E-state index in [1.165, 1.54) is 0 Å². The summed E-state index contributed by atoms with van der Waals surface area (Å²) in [7, 11) is 0. The maximum absolute atomic E-state index is 6.06. The van der Waals surface area contributed by atoms with E-state index in [4.69, 9.17) is 11.6 Å². The summed E-state index contributed by atoms with van der Waals surface area (Å²) >= 11 is 11.6. The third-order valence-corrected chi connectivity index (χ3v) is 3.08. The molecule has 2 aromatic rings. The lowest BCUT2D eigenvalue weighted by Gasteiger charge is -2.01. The Balaban J connectivity index is 2.87. The highest BCUT2D eigenvalue weighted by Gasteiger charge is 2.02. The van der Waals surface area contributed by atoms with E-state index in [9.17, 15) is 0 Å². The van der Waals surface area contributed by atoms with Crippen LogP contribution in [0.5, 0.6) is 0 Å². The van der Waals surface area contributed by atoms with Crippen LogP contribution in [-0.4, -0.2) is 4.98 Å². The van der Waals surface area contributed by atoms with Gasteiger partial charge in [0.25, 0.3) is 0 Å². The first-order chi connectivity index (χ1) is 6.16. The Morgan fingerprint density at radius 3 is 2.85 bits per heavy atom. The molecule has 0 aliphatic heterocycles. The van der Waals surface area contributed by atoms with Crippen molar-refractivity contribution in [2.24, 2.45) is 0 Å². The summed E-state index contributed by atoms with van der Waals surface area (Å²) < 4.78 is 1.93. The molecule has 66 valence electrons. The van der Waals surface area contributed by atoms with Crippen molar-refractivity contribution in [2.75, 3.05) is 0 Å². The Kier molecular flexibility index (Phi) is 2.76. The normalized spacial score (nSPS) is 10.7. The van der Waals surface area contributed by atoms with Gasteiger partial charge in [-0.05, 0) is 62.8 Å². The van der Waals surface area contributed by atoms with Crippen molar-refractivity contribution in [3.05, 3.63) is 37.5 Å². The first-order valence-corrected chi connectivity index (χ1v) is 5.83. The van der Waals surface area contributed by atoms with E-state index in [-0.39, 0.29) is 0 Å². The van der Waals surface area contributed by atoms with E-state index >= 15 is 0 Å². The lowest BCUT2D eigenvalue weighted by atomic mass is 10.2. The van der Waals surface area contributed by atoms with Crippen LogP contribution in [0.2, 0.25) is 5.02 Å². The molecule has 0 aliphatic carbocycles. The van der Waals surface area contributed by atoms with Crippen LogP contribution >= 0.6 is 50.1 Å². The molecule has 0 saturated carbocycles. The maximum Gasteiger partial charge on any atom is 0.108 e. The highest BCUT2D eigenvalue weighted by Crippen LogP contribution is 2.26. The van der Waals surface area contributed by atoms with Crippen molar-refractivity contribution < 1.29 is 0 Å². The van der Waals surface area contributed by atoms with Gasteiger partial charge in [-0.3, -0.25) is 0 Å². The van der Waals surface area contributed by atoms with Crippen molar-refractivity contribution in [1.29, 1.82) is 0 Å². The molecule has 2 rings (SSSR count). The van der Waals surface area contributed by atoms with Gasteiger partial charge >= 0.3 is 0 Å². The molecule has 0 saturated heterocycles. The third kappa shape index (κ3) is 1.97. The van der Waals surface area contributed by atoms with Gasteiger partial charge in [-0.2, -0.15) is 0 Å². The second kappa shape index (κ2) is 3.71. The topological polar surface area (TPSA) is 12.9 Å². The van der Waals surface area contributed by atoms with E-state index in [1.54, 1.807) is 6.07 Å². The summed E-state index contributed by atoms with van der Waals surface area (Å²) in [5.41, 5.74) is 0.916. The monoisotopic (exact) mass is 367 g/mol. The number of halogens is 3. The molecule has 0 atom stereocenters. The van der Waals surface area contributed by atoms with E-state index in [0.717, 1.165) is 24.1 Å². The van der Waals surface area contributed by atoms with Gasteiger partial charge in [0.1, 0.15) is 4.60 Å². The van der Waals surface area contributed by atoms with Gasteiger partial charge in [0, 0.05) is 8.96 Å². The minimum atomic E-state index is 0.732. The Hall–Kier alpha value is 0.130. The van der Waals surface area contributed by atoms with Gasteiger partial charge in [0.15, 0.2) is 0 Å². The summed E-state index contributed by atoms with van der Waals surface area (Å²) in [5.74, 6) is 0. The Bertz CT molecular complexity index is 472. The maximum atomic E-state index is 6.06. The number of aromatic nitrogens is 1. The molecule has 0 amide bonds. The predicted octanol–water partition coefficient (Wildman–Crippen LogP) is 4.26. The zero-order valence-corrected chi connectivity index (χ0v) is 10.9. The number of hydrogen-bond donors (Lipinski definition) is 0. The van der Waals surface area contributed by atoms with E-state index < -0.39 is 0 Å². The quantitative estimate of drug-likeness (QED) is 0.500. The van der Waals surface area contributed by atoms with Crippen molar-refractivity contribution in [3.63, 3.8) is 0 Å². The molecular formula is C9H4BrClIN. The SMILES string of the molecule is Clc1cc(Br)nc2ccc(I)cc12. The van der Waals surface area contributed by atoms with Crippen LogP contribution in [-0.2, 0) is 0 Å². The molecular weight excluding hydrogens is 364 g/mol. The lowest BCUT2D eigenvalue weighted by molar-refractivity contribution is 1.35. The van der Waals surface area contributed by atoms with Gasteiger partial charge in [0.2, 0.25) is 0 Å². The molecule has 13 heavy (non-hydrogen) atoms. The zero-order valence-electron chi connectivity index (χ0n) is 6.39. The molecule has 0 bridgehead atoms. The minimum Gasteiger partial charge on any atom is -0.241 e. The van der Waals surface area contributed by atoms with Crippen LogP contribution in [0.4, 0.5) is 0 Å². The second-order valence-electron chi connectivity index (χ2n) is 2.59. The molecule has 1 aromatic carbocycles.